The van der Waals surface area contributed by atoms with Crippen LogP contribution in [0, 0.1) is 13.8 Å². The zero-order valence-electron chi connectivity index (χ0n) is 19.2. The van der Waals surface area contributed by atoms with Crippen molar-refractivity contribution in [2.75, 3.05) is 28.2 Å². The second-order valence-electron chi connectivity index (χ2n) is 6.05. The third kappa shape index (κ3) is 11.0. The van der Waals surface area contributed by atoms with Crippen LogP contribution in [0.4, 0.5) is 0 Å². The molecule has 0 fully saturated rings. The molecule has 0 spiro atoms. The van der Waals surface area contributed by atoms with Crippen molar-refractivity contribution in [3.05, 3.63) is 64.2 Å². The van der Waals surface area contributed by atoms with Crippen LogP contribution in [0.15, 0.2) is 24.2 Å². The molecule has 7 N–H and O–H groups in total. The minimum Gasteiger partial charge on any atom is -0.368 e. The number of rotatable bonds is 3. The van der Waals surface area contributed by atoms with Crippen LogP contribution in [0.25, 0.3) is 0 Å². The van der Waals surface area contributed by atoms with E-state index in [0.717, 1.165) is 5.17 Å². The van der Waals surface area contributed by atoms with Crippen molar-refractivity contribution in [1.29, 1.82) is 0 Å². The summed E-state index contributed by atoms with van der Waals surface area (Å²) in [6, 6.07) is 0. The fourth-order valence-corrected chi connectivity index (χ4v) is 3.09. The van der Waals surface area contributed by atoms with Crippen LogP contribution in [0.5, 0.6) is 0 Å². The van der Waals surface area contributed by atoms with Gasteiger partial charge in [-0.25, -0.2) is 9.59 Å². The number of nitrogens with zero attached hydrogens (tertiary/aromatic N) is 1. The number of thioether (sulfide) groups is 1. The molecule has 15 heteroatoms. The van der Waals surface area contributed by atoms with Gasteiger partial charge in [0.25, 0.3) is 11.1 Å². The van der Waals surface area contributed by atoms with Gasteiger partial charge in [0.05, 0.1) is 5.88 Å². The fourth-order valence-electron chi connectivity index (χ4n) is 1.98. The molecule has 0 bridgehead atoms. The van der Waals surface area contributed by atoms with Crippen molar-refractivity contribution in [3.63, 3.8) is 0 Å². The first-order chi connectivity index (χ1) is 15.5. The highest BCUT2D eigenvalue weighted by Gasteiger charge is 2.06. The number of hydrogen-bond acceptors (Lipinski definition) is 7. The van der Waals surface area contributed by atoms with Crippen molar-refractivity contribution >= 4 is 45.9 Å². The topological polar surface area (TPSA) is 180 Å². The van der Waals surface area contributed by atoms with Gasteiger partial charge in [-0.05, 0) is 26.1 Å². The third-order valence-corrected chi connectivity index (χ3v) is 5.70. The van der Waals surface area contributed by atoms with Crippen LogP contribution in [-0.4, -0.2) is 58.4 Å². The molecule has 184 valence electrons. The zero-order chi connectivity index (χ0) is 25.6. The molecule has 0 aliphatic carbocycles. The van der Waals surface area contributed by atoms with Crippen molar-refractivity contribution in [3.8, 4) is 0 Å². The van der Waals surface area contributed by atoms with Gasteiger partial charge in [0, 0.05) is 56.5 Å². The molecule has 0 saturated carbocycles. The Hall–Kier alpha value is -2.84. The fraction of sp³-hybridized carbons (Fsp3) is 0.444. The summed E-state index contributed by atoms with van der Waals surface area (Å²) in [6.07, 6.45) is 0. The molecular weight excluding hydrogens is 492 g/mol. The van der Waals surface area contributed by atoms with Crippen molar-refractivity contribution < 1.29 is 0 Å². The first kappa shape index (κ1) is 30.2. The molecule has 0 amide bonds. The maximum atomic E-state index is 11.3. The number of thiocarbonyl (C=S) groups is 1. The average Bonchev–Trinajstić information content (AvgIpc) is 2.80. The van der Waals surface area contributed by atoms with Gasteiger partial charge >= 0.3 is 11.4 Å². The van der Waals surface area contributed by atoms with Crippen LogP contribution < -0.4 is 38.4 Å². The van der Waals surface area contributed by atoms with Crippen molar-refractivity contribution in [1.82, 2.24) is 35.9 Å². The third-order valence-electron chi connectivity index (χ3n) is 3.93. The number of aromatic amines is 4. The Morgan fingerprint density at radius 2 is 1.33 bits per heavy atom. The molecule has 0 atom stereocenters. The minimum atomic E-state index is -0.517. The van der Waals surface area contributed by atoms with Crippen molar-refractivity contribution in [2.24, 2.45) is 4.99 Å². The molecule has 12 nitrogen and oxygen atoms in total. The lowest BCUT2D eigenvalue weighted by atomic mass is 10.3. The summed E-state index contributed by atoms with van der Waals surface area (Å²) < 4.78 is 0. The number of amidine groups is 1. The SMILES string of the molecule is CN=C(NC)SCc1[nH]c(=O)[nH]c(=O)c1C.CNC(=S)NC.Cc1c(CCl)[nH]c(=O)[nH]c1=O. The van der Waals surface area contributed by atoms with Gasteiger partial charge < -0.3 is 25.9 Å². The summed E-state index contributed by atoms with van der Waals surface area (Å²) in [5.74, 6) is 0.642. The average molecular weight is 521 g/mol. The molecule has 2 aromatic rings. The number of H-pyrrole nitrogens is 4. The highest BCUT2D eigenvalue weighted by molar-refractivity contribution is 8.13. The predicted molar refractivity (Wildman–Crippen MR) is 139 cm³/mol. The molecule has 2 rings (SSSR count). The van der Waals surface area contributed by atoms with E-state index in [1.807, 2.05) is 0 Å². The molecule has 0 saturated heterocycles. The number of halogens is 1. The predicted octanol–water partition coefficient (Wildman–Crippen LogP) is -0.369. The molecule has 0 aliphatic heterocycles. The van der Waals surface area contributed by atoms with Crippen molar-refractivity contribution in [2.45, 2.75) is 25.5 Å². The summed E-state index contributed by atoms with van der Waals surface area (Å²) in [7, 11) is 6.99. The van der Waals surface area contributed by atoms with Gasteiger partial charge in [-0.3, -0.25) is 24.5 Å². The largest absolute Gasteiger partial charge is 0.368 e. The van der Waals surface area contributed by atoms with E-state index in [0.29, 0.717) is 33.4 Å². The molecular formula is C18H29ClN8O4S2. The second-order valence-corrected chi connectivity index (χ2v) is 7.69. The number of aliphatic imine (C=N–C) groups is 1. The summed E-state index contributed by atoms with van der Waals surface area (Å²) in [5.41, 5.74) is 0.346. The Bertz CT molecular complexity index is 1160. The molecule has 2 heterocycles. The summed E-state index contributed by atoms with van der Waals surface area (Å²) in [6.45, 7) is 3.28. The number of aromatic nitrogens is 4. The zero-order valence-corrected chi connectivity index (χ0v) is 21.6. The molecule has 33 heavy (non-hydrogen) atoms. The highest BCUT2D eigenvalue weighted by Crippen LogP contribution is 2.10. The maximum Gasteiger partial charge on any atom is 0.325 e. The first-order valence-electron chi connectivity index (χ1n) is 9.41. The smallest absolute Gasteiger partial charge is 0.325 e. The summed E-state index contributed by atoms with van der Waals surface area (Å²) in [5, 5.41) is 9.80. The van der Waals surface area contributed by atoms with Gasteiger partial charge in [-0.15, -0.1) is 11.6 Å². The van der Waals surface area contributed by atoms with E-state index in [2.05, 4.69) is 53.1 Å². The second kappa shape index (κ2) is 15.9. The first-order valence-corrected chi connectivity index (χ1v) is 11.3. The molecule has 0 unspecified atom stereocenters. The van der Waals surface area contributed by atoms with Crippen LogP contribution in [0.2, 0.25) is 0 Å². The Labute approximate surface area is 204 Å². The Balaban J connectivity index is 0.000000520. The van der Waals surface area contributed by atoms with E-state index in [4.69, 9.17) is 11.6 Å². The van der Waals surface area contributed by atoms with Crippen LogP contribution in [-0.2, 0) is 11.6 Å². The summed E-state index contributed by atoms with van der Waals surface area (Å²) in [4.78, 5) is 57.2. The standard InChI is InChI=1S/C9H14N4O2S.C6H7ClN2O2.C3H8N2S/c1-5-6(4-16-9(10-2)11-3)12-8(15)13-7(5)14;1-3-4(2-7)8-6(11)9-5(3)10;1-4-3(6)5-2/h4H2,1-3H3,(H,10,11)(H2,12,13,14,15);2H2,1H3,(H2,8,9,10,11);1-2H3,(H2,4,5,6). The van der Waals surface area contributed by atoms with Gasteiger partial charge in [0.1, 0.15) is 0 Å². The number of hydrogen-bond donors (Lipinski definition) is 7. The van der Waals surface area contributed by atoms with Gasteiger partial charge in [-0.2, -0.15) is 0 Å². The summed E-state index contributed by atoms with van der Waals surface area (Å²) >= 11 is 11.5. The normalized spacial score (nSPS) is 10.2. The Kier molecular flexibility index (Phi) is 14.5. The number of nitrogens with one attached hydrogen (secondary N) is 7. The van der Waals surface area contributed by atoms with Gasteiger partial charge in [-0.1, -0.05) is 11.8 Å². The minimum absolute atomic E-state index is 0.144. The Morgan fingerprint density at radius 3 is 1.70 bits per heavy atom. The van der Waals surface area contributed by atoms with E-state index < -0.39 is 11.4 Å². The van der Waals surface area contributed by atoms with E-state index in [1.165, 1.54) is 11.8 Å². The van der Waals surface area contributed by atoms with Gasteiger partial charge in [0.15, 0.2) is 10.3 Å². The van der Waals surface area contributed by atoms with Crippen LogP contribution in [0.3, 0.4) is 0 Å². The van der Waals surface area contributed by atoms with Crippen LogP contribution >= 0.6 is 35.6 Å². The van der Waals surface area contributed by atoms with E-state index in [-0.39, 0.29) is 17.0 Å². The lowest BCUT2D eigenvalue weighted by Crippen LogP contribution is -2.28. The lowest BCUT2D eigenvalue weighted by Gasteiger charge is -2.05. The molecule has 0 aliphatic rings. The van der Waals surface area contributed by atoms with Gasteiger partial charge in [0.2, 0.25) is 0 Å². The number of alkyl halides is 1. The molecule has 0 aromatic carbocycles. The Morgan fingerprint density at radius 1 is 0.879 bits per heavy atom. The van der Waals surface area contributed by atoms with E-state index in [1.54, 1.807) is 42.0 Å². The molecule has 2 aromatic heterocycles. The molecule has 0 radical (unpaired) electrons. The van der Waals surface area contributed by atoms with Crippen LogP contribution in [0.1, 0.15) is 22.5 Å². The monoisotopic (exact) mass is 520 g/mol. The maximum absolute atomic E-state index is 11.3. The highest BCUT2D eigenvalue weighted by atomic mass is 35.5. The van der Waals surface area contributed by atoms with E-state index >= 15 is 0 Å². The van der Waals surface area contributed by atoms with E-state index in [9.17, 15) is 19.2 Å². The lowest BCUT2D eigenvalue weighted by molar-refractivity contribution is 0.953. The quantitative estimate of drug-likeness (QED) is 0.123.